The van der Waals surface area contributed by atoms with Crippen LogP contribution in [0.25, 0.3) is 6.08 Å². The van der Waals surface area contributed by atoms with E-state index >= 15 is 0 Å². The van der Waals surface area contributed by atoms with E-state index in [2.05, 4.69) is 15.9 Å². The first-order chi connectivity index (χ1) is 15.8. The molecule has 1 saturated heterocycles. The molecule has 0 bridgehead atoms. The number of hydrogen-bond acceptors (Lipinski definition) is 4. The summed E-state index contributed by atoms with van der Waals surface area (Å²) in [7, 11) is 0. The monoisotopic (exact) mass is 565 g/mol. The molecule has 0 spiro atoms. The fraction of sp³-hybridized carbons (Fsp3) is 0.0833. The van der Waals surface area contributed by atoms with Crippen LogP contribution in [0.4, 0.5) is 9.18 Å². The van der Waals surface area contributed by atoms with Crippen molar-refractivity contribution in [3.8, 4) is 5.75 Å². The summed E-state index contributed by atoms with van der Waals surface area (Å²) in [5, 5.41) is 0.633. The third-order valence-corrected chi connectivity index (χ3v) is 6.77. The van der Waals surface area contributed by atoms with Crippen molar-refractivity contribution in [2.24, 2.45) is 0 Å². The van der Waals surface area contributed by atoms with Gasteiger partial charge in [0.2, 0.25) is 0 Å². The summed E-state index contributed by atoms with van der Waals surface area (Å²) in [6.07, 6.45) is 1.62. The van der Waals surface area contributed by atoms with Crippen LogP contribution in [0.2, 0.25) is 10.0 Å². The Bertz CT molecular complexity index is 1270. The van der Waals surface area contributed by atoms with E-state index in [1.165, 1.54) is 12.1 Å². The number of carbonyl (C=O) groups excluding carboxylic acids is 2. The van der Waals surface area contributed by atoms with Gasteiger partial charge in [0.1, 0.15) is 18.2 Å². The summed E-state index contributed by atoms with van der Waals surface area (Å²) in [4.78, 5) is 26.8. The second kappa shape index (κ2) is 10.3. The Kier molecular flexibility index (Phi) is 7.44. The van der Waals surface area contributed by atoms with E-state index in [4.69, 9.17) is 27.9 Å². The molecular formula is C24H15BrCl2FNO3S. The van der Waals surface area contributed by atoms with Crippen LogP contribution in [0.5, 0.6) is 5.75 Å². The molecule has 4 rings (SSSR count). The van der Waals surface area contributed by atoms with Gasteiger partial charge >= 0.3 is 0 Å². The second-order valence-corrected chi connectivity index (χ2v) is 9.85. The maximum atomic E-state index is 13.1. The highest BCUT2D eigenvalue weighted by molar-refractivity contribution is 9.10. The molecule has 0 saturated carbocycles. The van der Waals surface area contributed by atoms with Gasteiger partial charge in [-0.3, -0.25) is 14.5 Å². The second-order valence-electron chi connectivity index (χ2n) is 7.10. The van der Waals surface area contributed by atoms with Gasteiger partial charge < -0.3 is 4.74 Å². The Morgan fingerprint density at radius 2 is 1.79 bits per heavy atom. The lowest BCUT2D eigenvalue weighted by atomic mass is 10.1. The zero-order valence-electron chi connectivity index (χ0n) is 16.9. The number of carbonyl (C=O) groups is 2. The minimum Gasteiger partial charge on any atom is -0.488 e. The number of hydrogen-bond donors (Lipinski definition) is 0. The molecule has 2 amide bonds. The van der Waals surface area contributed by atoms with Gasteiger partial charge in [0, 0.05) is 25.6 Å². The zero-order valence-corrected chi connectivity index (χ0v) is 20.8. The smallest absolute Gasteiger partial charge is 0.293 e. The van der Waals surface area contributed by atoms with Crippen molar-refractivity contribution in [1.29, 1.82) is 0 Å². The van der Waals surface area contributed by atoms with Crippen molar-refractivity contribution in [3.63, 3.8) is 0 Å². The van der Waals surface area contributed by atoms with E-state index in [9.17, 15) is 14.0 Å². The molecule has 168 valence electrons. The molecule has 9 heteroatoms. The summed E-state index contributed by atoms with van der Waals surface area (Å²) in [5.41, 5.74) is 2.04. The van der Waals surface area contributed by atoms with Crippen molar-refractivity contribution in [2.45, 2.75) is 13.2 Å². The van der Waals surface area contributed by atoms with Crippen LogP contribution in [-0.2, 0) is 17.9 Å². The van der Waals surface area contributed by atoms with Crippen LogP contribution in [-0.4, -0.2) is 16.0 Å². The SMILES string of the molecule is O=C1S/C(=C\c2cc(Br)ccc2OCc2ccc(Cl)cc2Cl)C(=O)N1Cc1ccc(F)cc1. The van der Waals surface area contributed by atoms with E-state index in [1.807, 2.05) is 6.07 Å². The van der Waals surface area contributed by atoms with Crippen LogP contribution in [0.15, 0.2) is 70.0 Å². The topological polar surface area (TPSA) is 46.6 Å². The molecule has 1 aliphatic rings. The summed E-state index contributed by atoms with van der Waals surface area (Å²) in [6.45, 7) is 0.268. The number of imide groups is 1. The average molecular weight is 567 g/mol. The van der Waals surface area contributed by atoms with Gasteiger partial charge in [-0.05, 0) is 65.9 Å². The number of amides is 2. The van der Waals surface area contributed by atoms with Crippen molar-refractivity contribution < 1.29 is 18.7 Å². The van der Waals surface area contributed by atoms with Crippen molar-refractivity contribution in [1.82, 2.24) is 4.90 Å². The van der Waals surface area contributed by atoms with Crippen LogP contribution in [0, 0.1) is 5.82 Å². The molecule has 1 aliphatic heterocycles. The quantitative estimate of drug-likeness (QED) is 0.287. The Hall–Kier alpha value is -2.32. The Labute approximate surface area is 212 Å². The number of thioether (sulfide) groups is 1. The number of halogens is 4. The van der Waals surface area contributed by atoms with Crippen LogP contribution in [0.1, 0.15) is 16.7 Å². The van der Waals surface area contributed by atoms with Crippen molar-refractivity contribution >= 4 is 68.1 Å². The molecule has 1 heterocycles. The molecule has 1 fully saturated rings. The fourth-order valence-corrected chi connectivity index (χ4v) is 4.78. The first-order valence-electron chi connectivity index (χ1n) is 9.66. The van der Waals surface area contributed by atoms with Crippen molar-refractivity contribution in [3.05, 3.63) is 103 Å². The van der Waals surface area contributed by atoms with E-state index in [0.717, 1.165) is 26.7 Å². The molecule has 4 nitrogen and oxygen atoms in total. The van der Waals surface area contributed by atoms with E-state index in [0.29, 0.717) is 26.9 Å². The summed E-state index contributed by atoms with van der Waals surface area (Å²) >= 11 is 16.5. The molecule has 0 unspecified atom stereocenters. The largest absolute Gasteiger partial charge is 0.488 e. The van der Waals surface area contributed by atoms with Gasteiger partial charge in [-0.1, -0.05) is 57.3 Å². The third-order valence-electron chi connectivity index (χ3n) is 4.78. The van der Waals surface area contributed by atoms with Crippen molar-refractivity contribution in [2.75, 3.05) is 0 Å². The van der Waals surface area contributed by atoms with Crippen LogP contribution < -0.4 is 4.74 Å². The molecule has 33 heavy (non-hydrogen) atoms. The maximum absolute atomic E-state index is 13.1. The zero-order chi connectivity index (χ0) is 23.5. The normalized spacial score (nSPS) is 14.9. The maximum Gasteiger partial charge on any atom is 0.293 e. The summed E-state index contributed by atoms with van der Waals surface area (Å²) in [6, 6.07) is 16.2. The highest BCUT2D eigenvalue weighted by atomic mass is 79.9. The highest BCUT2D eigenvalue weighted by Gasteiger charge is 2.35. The van der Waals surface area contributed by atoms with E-state index in [-0.39, 0.29) is 29.1 Å². The molecule has 0 radical (unpaired) electrons. The number of rotatable bonds is 6. The van der Waals surface area contributed by atoms with Gasteiger partial charge in [-0.15, -0.1) is 0 Å². The lowest BCUT2D eigenvalue weighted by Crippen LogP contribution is -2.27. The lowest BCUT2D eigenvalue weighted by Gasteiger charge is -2.13. The Morgan fingerprint density at radius 1 is 1.03 bits per heavy atom. The number of nitrogens with zero attached hydrogens (tertiary/aromatic N) is 1. The lowest BCUT2D eigenvalue weighted by molar-refractivity contribution is -0.123. The molecule has 3 aromatic rings. The molecule has 3 aromatic carbocycles. The van der Waals surface area contributed by atoms with E-state index < -0.39 is 5.91 Å². The molecule has 0 atom stereocenters. The van der Waals surface area contributed by atoms with Gasteiger partial charge in [0.15, 0.2) is 0 Å². The molecule has 0 aromatic heterocycles. The summed E-state index contributed by atoms with van der Waals surface area (Å²) < 4.78 is 19.9. The Morgan fingerprint density at radius 3 is 2.52 bits per heavy atom. The van der Waals surface area contributed by atoms with Crippen LogP contribution in [0.3, 0.4) is 0 Å². The van der Waals surface area contributed by atoms with Gasteiger partial charge in [-0.2, -0.15) is 0 Å². The van der Waals surface area contributed by atoms with Gasteiger partial charge in [-0.25, -0.2) is 4.39 Å². The van der Waals surface area contributed by atoms with Gasteiger partial charge in [0.05, 0.1) is 11.4 Å². The highest BCUT2D eigenvalue weighted by Crippen LogP contribution is 2.36. The van der Waals surface area contributed by atoms with E-state index in [1.54, 1.807) is 48.5 Å². The van der Waals surface area contributed by atoms with Crippen LogP contribution >= 0.6 is 50.9 Å². The third kappa shape index (κ3) is 5.79. The minimum atomic E-state index is -0.416. The first kappa shape index (κ1) is 23.8. The molecular weight excluding hydrogens is 552 g/mol. The molecule has 0 aliphatic carbocycles. The van der Waals surface area contributed by atoms with Gasteiger partial charge in [0.25, 0.3) is 11.1 Å². The molecule has 0 N–H and O–H groups in total. The minimum absolute atomic E-state index is 0.0686. The summed E-state index contributed by atoms with van der Waals surface area (Å²) in [5.74, 6) is -0.273. The predicted molar refractivity (Wildman–Crippen MR) is 133 cm³/mol. The Balaban J connectivity index is 1.55. The predicted octanol–water partition coefficient (Wildman–Crippen LogP) is 7.71. The fourth-order valence-electron chi connectivity index (χ4n) is 3.11. The standard InChI is InChI=1S/C24H15BrCl2FNO3S/c25-17-4-8-21(32-13-15-3-5-18(26)11-20(15)27)16(9-17)10-22-23(30)29(24(31)33-22)12-14-1-6-19(28)7-2-14/h1-11H,12-13H2/b22-10-. The number of ether oxygens (including phenoxy) is 1. The first-order valence-corrected chi connectivity index (χ1v) is 12.0. The number of benzene rings is 3. The average Bonchev–Trinajstić information content (AvgIpc) is 3.03.